The fraction of sp³-hybridized carbons (Fsp3) is 0.481. The number of halogens is 9. The molecule has 0 unspecified atom stereocenters. The van der Waals surface area contributed by atoms with Crippen LogP contribution in [0.1, 0.15) is 61.5 Å². The molecule has 1 N–H and O–H groups in total. The second kappa shape index (κ2) is 12.8. The molecule has 0 saturated carbocycles. The number of hydrogen-bond donors (Lipinski definition) is 1. The van der Waals surface area contributed by atoms with Gasteiger partial charge >= 0.3 is 30.8 Å². The van der Waals surface area contributed by atoms with Crippen molar-refractivity contribution in [2.75, 3.05) is 18.0 Å². The molecule has 2 aromatic rings. The number of carboxylic acid groups (broad SMARTS) is 1. The Morgan fingerprint density at radius 2 is 1.58 bits per heavy atom. The van der Waals surface area contributed by atoms with Gasteiger partial charge in [-0.2, -0.15) is 26.3 Å². The van der Waals surface area contributed by atoms with E-state index in [1.54, 1.807) is 11.8 Å². The van der Waals surface area contributed by atoms with Crippen LogP contribution in [-0.2, 0) is 28.4 Å². The largest absolute Gasteiger partial charge is 0.573 e. The highest BCUT2D eigenvalue weighted by molar-refractivity contribution is 5.72. The first-order valence-corrected chi connectivity index (χ1v) is 12.9. The van der Waals surface area contributed by atoms with Gasteiger partial charge in [0.05, 0.1) is 23.7 Å². The maximum atomic E-state index is 13.4. The van der Waals surface area contributed by atoms with E-state index in [0.717, 1.165) is 17.0 Å². The summed E-state index contributed by atoms with van der Waals surface area (Å²) in [5.41, 5.74) is -3.28. The fourth-order valence-corrected chi connectivity index (χ4v) is 4.71. The maximum Gasteiger partial charge on any atom is 0.573 e. The lowest BCUT2D eigenvalue weighted by atomic mass is 9.97. The Bertz CT molecular complexity index is 1280. The number of cyclic esters (lactones) is 1. The van der Waals surface area contributed by atoms with Crippen molar-refractivity contribution in [2.24, 2.45) is 0 Å². The molecule has 7 nitrogen and oxygen atoms in total. The minimum absolute atomic E-state index is 0.0586. The van der Waals surface area contributed by atoms with Crippen LogP contribution in [0.25, 0.3) is 0 Å². The number of carboxylic acids is 1. The zero-order valence-corrected chi connectivity index (χ0v) is 22.7. The van der Waals surface area contributed by atoms with Crippen LogP contribution in [0, 0.1) is 0 Å². The first kappa shape index (κ1) is 33.6. The number of carbonyl (C=O) groups excluding carboxylic acids is 1. The van der Waals surface area contributed by atoms with Gasteiger partial charge in [-0.05, 0) is 74.2 Å². The summed E-state index contributed by atoms with van der Waals surface area (Å²) in [4.78, 5) is 26.4. The van der Waals surface area contributed by atoms with Gasteiger partial charge in [-0.25, -0.2) is 4.79 Å². The highest BCUT2D eigenvalue weighted by atomic mass is 19.4. The van der Waals surface area contributed by atoms with Gasteiger partial charge in [-0.3, -0.25) is 9.69 Å². The van der Waals surface area contributed by atoms with E-state index in [-0.39, 0.29) is 18.1 Å². The van der Waals surface area contributed by atoms with Gasteiger partial charge in [-0.1, -0.05) is 0 Å². The zero-order chi connectivity index (χ0) is 32.3. The molecule has 2 atom stereocenters. The number of amides is 1. The molecule has 0 spiro atoms. The van der Waals surface area contributed by atoms with Crippen LogP contribution in [0.2, 0.25) is 0 Å². The second-order valence-electron chi connectivity index (χ2n) is 9.78. The van der Waals surface area contributed by atoms with Crippen LogP contribution in [0.4, 0.5) is 50.0 Å². The van der Waals surface area contributed by atoms with E-state index in [0.29, 0.717) is 43.8 Å². The molecule has 1 aliphatic heterocycles. The van der Waals surface area contributed by atoms with E-state index in [4.69, 9.17) is 9.84 Å². The molecule has 16 heteroatoms. The van der Waals surface area contributed by atoms with Crippen molar-refractivity contribution in [1.29, 1.82) is 0 Å². The van der Waals surface area contributed by atoms with E-state index in [1.807, 2.05) is 0 Å². The summed E-state index contributed by atoms with van der Waals surface area (Å²) >= 11 is 0. The zero-order valence-electron chi connectivity index (χ0n) is 22.7. The first-order chi connectivity index (χ1) is 19.8. The highest BCUT2D eigenvalue weighted by Crippen LogP contribution is 2.41. The van der Waals surface area contributed by atoms with Crippen molar-refractivity contribution in [3.05, 3.63) is 58.7 Å². The Morgan fingerprint density at radius 1 is 0.977 bits per heavy atom. The summed E-state index contributed by atoms with van der Waals surface area (Å²) in [6.45, 7) is 3.24. The van der Waals surface area contributed by atoms with E-state index in [2.05, 4.69) is 4.74 Å². The predicted molar refractivity (Wildman–Crippen MR) is 133 cm³/mol. The molecule has 43 heavy (non-hydrogen) atoms. The second-order valence-corrected chi connectivity index (χ2v) is 9.78. The van der Waals surface area contributed by atoms with E-state index in [1.165, 1.54) is 13.0 Å². The number of anilines is 1. The number of carbonyl (C=O) groups is 2. The standard InChI is InChI=1S/C27H27F9N2O5/c1-3-37(9-5-4-6-22(39)40)21-8-7-20(43-27(34,35)36)12-17(21)14-38-15(2)23(42-24(38)41)16-10-18(25(28,29)30)13-19(11-16)26(31,32)33/h7-8,10-13,15,23H,3-6,9,14H2,1-2H3,(H,39,40)/t15-,23-/m0/s1. The van der Waals surface area contributed by atoms with Gasteiger partial charge in [-0.15, -0.1) is 13.2 Å². The van der Waals surface area contributed by atoms with Crippen LogP contribution in [0.3, 0.4) is 0 Å². The highest BCUT2D eigenvalue weighted by Gasteiger charge is 2.43. The molecule has 0 aliphatic carbocycles. The molecule has 3 rings (SSSR count). The number of unbranched alkanes of at least 4 members (excludes halogenated alkanes) is 1. The summed E-state index contributed by atoms with van der Waals surface area (Å²) in [7, 11) is 0. The number of benzene rings is 2. The normalized spacial score (nSPS) is 17.7. The Kier molecular flexibility index (Phi) is 10.0. The molecule has 0 radical (unpaired) electrons. The molecule has 1 saturated heterocycles. The summed E-state index contributed by atoms with van der Waals surface area (Å²) in [6.07, 6.45) is -17.4. The number of ether oxygens (including phenoxy) is 2. The Hall–Kier alpha value is -3.85. The van der Waals surface area contributed by atoms with Gasteiger partial charge in [0, 0.05) is 25.2 Å². The SMILES string of the molecule is CCN(CCCCC(=O)O)c1ccc(OC(F)(F)F)cc1CN1C(=O)O[C@H](c2cc(C(F)(F)F)cc(C(F)(F)F)c2)[C@@H]1C. The number of aliphatic carboxylic acids is 1. The average molecular weight is 631 g/mol. The summed E-state index contributed by atoms with van der Waals surface area (Å²) < 4.78 is 128. The summed E-state index contributed by atoms with van der Waals surface area (Å²) in [5, 5.41) is 8.86. The van der Waals surface area contributed by atoms with Crippen LogP contribution in [0.15, 0.2) is 36.4 Å². The summed E-state index contributed by atoms with van der Waals surface area (Å²) in [6, 6.07) is 3.07. The molecule has 1 aliphatic rings. The minimum Gasteiger partial charge on any atom is -0.481 e. The molecular weight excluding hydrogens is 603 g/mol. The van der Waals surface area contributed by atoms with Gasteiger partial charge in [0.25, 0.3) is 0 Å². The van der Waals surface area contributed by atoms with Crippen LogP contribution in [0.5, 0.6) is 5.75 Å². The monoisotopic (exact) mass is 630 g/mol. The van der Waals surface area contributed by atoms with Crippen LogP contribution < -0.4 is 9.64 Å². The Morgan fingerprint density at radius 3 is 2.09 bits per heavy atom. The predicted octanol–water partition coefficient (Wildman–Crippen LogP) is 7.79. The molecule has 238 valence electrons. The van der Waals surface area contributed by atoms with Crippen molar-refractivity contribution < 1.29 is 63.7 Å². The van der Waals surface area contributed by atoms with Crippen molar-refractivity contribution in [3.63, 3.8) is 0 Å². The van der Waals surface area contributed by atoms with Gasteiger partial charge < -0.3 is 19.5 Å². The van der Waals surface area contributed by atoms with Crippen LogP contribution in [-0.4, -0.2) is 47.6 Å². The number of nitrogens with zero attached hydrogens (tertiary/aromatic N) is 2. The smallest absolute Gasteiger partial charge is 0.481 e. The third kappa shape index (κ3) is 8.83. The lowest BCUT2D eigenvalue weighted by molar-refractivity contribution is -0.274. The number of alkyl halides is 9. The third-order valence-electron chi connectivity index (χ3n) is 6.75. The number of hydrogen-bond acceptors (Lipinski definition) is 5. The lowest BCUT2D eigenvalue weighted by Gasteiger charge is -2.29. The molecule has 1 fully saturated rings. The van der Waals surface area contributed by atoms with Gasteiger partial charge in [0.2, 0.25) is 0 Å². The van der Waals surface area contributed by atoms with E-state index < -0.39 is 71.9 Å². The third-order valence-corrected chi connectivity index (χ3v) is 6.75. The molecular formula is C27H27F9N2O5. The topological polar surface area (TPSA) is 79.3 Å². The lowest BCUT2D eigenvalue weighted by Crippen LogP contribution is -2.33. The van der Waals surface area contributed by atoms with Crippen molar-refractivity contribution in [1.82, 2.24) is 4.90 Å². The molecule has 0 aromatic heterocycles. The quantitative estimate of drug-likeness (QED) is 0.202. The molecule has 0 bridgehead atoms. The first-order valence-electron chi connectivity index (χ1n) is 12.9. The van der Waals surface area contributed by atoms with Crippen molar-refractivity contribution in [2.45, 2.75) is 70.5 Å². The van der Waals surface area contributed by atoms with Crippen LogP contribution >= 0.6 is 0 Å². The maximum absolute atomic E-state index is 13.4. The summed E-state index contributed by atoms with van der Waals surface area (Å²) in [5.74, 6) is -1.63. The Labute approximate surface area is 239 Å². The molecule has 1 amide bonds. The minimum atomic E-state index is -5.14. The number of rotatable bonds is 11. The van der Waals surface area contributed by atoms with E-state index in [9.17, 15) is 49.1 Å². The van der Waals surface area contributed by atoms with E-state index >= 15 is 0 Å². The van der Waals surface area contributed by atoms with Crippen molar-refractivity contribution >= 4 is 17.7 Å². The molecule has 1 heterocycles. The molecule has 2 aromatic carbocycles. The van der Waals surface area contributed by atoms with Crippen molar-refractivity contribution in [3.8, 4) is 5.75 Å². The Balaban J connectivity index is 1.97. The average Bonchev–Trinajstić information content (AvgIpc) is 3.15. The van der Waals surface area contributed by atoms with Gasteiger partial charge in [0.1, 0.15) is 11.9 Å². The fourth-order valence-electron chi connectivity index (χ4n) is 4.71. The van der Waals surface area contributed by atoms with Gasteiger partial charge in [0.15, 0.2) is 0 Å².